The normalized spacial score (nSPS) is 11.7. The zero-order valence-corrected chi connectivity index (χ0v) is 9.35. The molecule has 0 aliphatic heterocycles. The van der Waals surface area contributed by atoms with E-state index < -0.39 is 0 Å². The zero-order chi connectivity index (χ0) is 11.1. The Labute approximate surface area is 92.0 Å². The van der Waals surface area contributed by atoms with Gasteiger partial charge in [0.2, 0.25) is 0 Å². The lowest BCUT2D eigenvalue weighted by atomic mass is 10.2. The Morgan fingerprint density at radius 3 is 2.47 bits per heavy atom. The van der Waals surface area contributed by atoms with Gasteiger partial charge in [0.25, 0.3) is 0 Å². The molecule has 0 saturated carbocycles. The van der Waals surface area contributed by atoms with Crippen molar-refractivity contribution in [1.82, 2.24) is 0 Å². The summed E-state index contributed by atoms with van der Waals surface area (Å²) in [6.45, 7) is 5.70. The van der Waals surface area contributed by atoms with Crippen molar-refractivity contribution in [2.45, 2.75) is 6.92 Å². The molecule has 78 valence electrons. The van der Waals surface area contributed by atoms with Gasteiger partial charge in [-0.3, -0.25) is 0 Å². The minimum atomic E-state index is 1.15. The topological polar surface area (TPSA) is 3.24 Å². The second-order valence-electron chi connectivity index (χ2n) is 3.20. The second kappa shape index (κ2) is 5.86. The number of rotatable bonds is 4. The molecule has 0 fully saturated rings. The molecule has 0 atom stereocenters. The summed E-state index contributed by atoms with van der Waals surface area (Å²) in [7, 11) is 2.05. The molecule has 15 heavy (non-hydrogen) atoms. The van der Waals surface area contributed by atoms with Crippen molar-refractivity contribution in [3.8, 4) is 0 Å². The molecule has 0 aliphatic carbocycles. The Bertz CT molecular complexity index is 360. The first kappa shape index (κ1) is 11.3. The molecular weight excluding hydrogens is 182 g/mol. The van der Waals surface area contributed by atoms with Gasteiger partial charge in [-0.1, -0.05) is 43.0 Å². The number of hydrogen-bond acceptors (Lipinski definition) is 1. The average molecular weight is 199 g/mol. The molecule has 1 aromatic rings. The van der Waals surface area contributed by atoms with E-state index >= 15 is 0 Å². The molecule has 0 aliphatic rings. The Morgan fingerprint density at radius 2 is 1.93 bits per heavy atom. The highest BCUT2D eigenvalue weighted by atomic mass is 15.1. The van der Waals surface area contributed by atoms with Crippen LogP contribution >= 0.6 is 0 Å². The minimum absolute atomic E-state index is 1.15. The number of allylic oxidation sites excluding steroid dienone is 4. The minimum Gasteiger partial charge on any atom is -0.345 e. The van der Waals surface area contributed by atoms with Crippen molar-refractivity contribution in [2.24, 2.45) is 0 Å². The van der Waals surface area contributed by atoms with E-state index in [-0.39, 0.29) is 0 Å². The van der Waals surface area contributed by atoms with Crippen LogP contribution in [-0.4, -0.2) is 7.05 Å². The predicted octanol–water partition coefficient (Wildman–Crippen LogP) is 3.77. The average Bonchev–Trinajstić information content (AvgIpc) is 2.31. The van der Waals surface area contributed by atoms with E-state index in [1.54, 1.807) is 6.08 Å². The van der Waals surface area contributed by atoms with E-state index in [4.69, 9.17) is 0 Å². The third-order valence-electron chi connectivity index (χ3n) is 2.23. The molecule has 0 N–H and O–H groups in total. The Kier molecular flexibility index (Phi) is 4.42. The van der Waals surface area contributed by atoms with Gasteiger partial charge in [-0.15, -0.1) is 0 Å². The first-order valence-electron chi connectivity index (χ1n) is 5.03. The number of para-hydroxylation sites is 1. The van der Waals surface area contributed by atoms with Gasteiger partial charge >= 0.3 is 0 Å². The summed E-state index contributed by atoms with van der Waals surface area (Å²) in [5.74, 6) is 0. The SMILES string of the molecule is C=CC=CC(=CC)N(C)c1ccccc1. The van der Waals surface area contributed by atoms with Crippen LogP contribution in [0.5, 0.6) is 0 Å². The third-order valence-corrected chi connectivity index (χ3v) is 2.23. The molecule has 0 bridgehead atoms. The first-order chi connectivity index (χ1) is 7.29. The number of nitrogens with zero attached hydrogens (tertiary/aromatic N) is 1. The van der Waals surface area contributed by atoms with Gasteiger partial charge in [-0.2, -0.15) is 0 Å². The predicted molar refractivity (Wildman–Crippen MR) is 67.9 cm³/mol. The molecule has 0 amide bonds. The Hall–Kier alpha value is -1.76. The van der Waals surface area contributed by atoms with Gasteiger partial charge in [0.1, 0.15) is 0 Å². The molecule has 0 unspecified atom stereocenters. The van der Waals surface area contributed by atoms with Gasteiger partial charge < -0.3 is 4.90 Å². The second-order valence-corrected chi connectivity index (χ2v) is 3.20. The number of benzene rings is 1. The van der Waals surface area contributed by atoms with Crippen LogP contribution in [-0.2, 0) is 0 Å². The summed E-state index contributed by atoms with van der Waals surface area (Å²) in [4.78, 5) is 2.14. The van der Waals surface area contributed by atoms with E-state index in [1.165, 1.54) is 5.69 Å². The molecule has 0 spiro atoms. The van der Waals surface area contributed by atoms with Crippen LogP contribution in [0.3, 0.4) is 0 Å². The van der Waals surface area contributed by atoms with Gasteiger partial charge in [0.15, 0.2) is 0 Å². The standard InChI is InChI=1S/C14H17N/c1-4-6-10-13(5-2)15(3)14-11-8-7-9-12-14/h4-12H,1H2,2-3H3. The maximum absolute atomic E-state index is 3.67. The molecule has 0 radical (unpaired) electrons. The summed E-state index contributed by atoms with van der Waals surface area (Å²) >= 11 is 0. The maximum Gasteiger partial charge on any atom is 0.0407 e. The quantitative estimate of drug-likeness (QED) is 0.667. The highest BCUT2D eigenvalue weighted by Crippen LogP contribution is 2.17. The van der Waals surface area contributed by atoms with Crippen molar-refractivity contribution in [2.75, 3.05) is 11.9 Å². The van der Waals surface area contributed by atoms with E-state index in [0.717, 1.165) is 5.70 Å². The van der Waals surface area contributed by atoms with Gasteiger partial charge in [-0.05, 0) is 25.1 Å². The van der Waals surface area contributed by atoms with Crippen molar-refractivity contribution in [3.63, 3.8) is 0 Å². The fraction of sp³-hybridized carbons (Fsp3) is 0.143. The largest absolute Gasteiger partial charge is 0.345 e. The summed E-state index contributed by atoms with van der Waals surface area (Å²) in [6.07, 6.45) is 7.84. The van der Waals surface area contributed by atoms with E-state index in [9.17, 15) is 0 Å². The van der Waals surface area contributed by atoms with Crippen molar-refractivity contribution >= 4 is 5.69 Å². The van der Waals surface area contributed by atoms with Crippen molar-refractivity contribution in [1.29, 1.82) is 0 Å². The number of likely N-dealkylation sites (N-methyl/N-ethyl adjacent to an activating group) is 1. The Morgan fingerprint density at radius 1 is 1.27 bits per heavy atom. The lowest BCUT2D eigenvalue weighted by molar-refractivity contribution is 1.13. The number of hydrogen-bond donors (Lipinski definition) is 0. The van der Waals surface area contributed by atoms with Gasteiger partial charge in [0.05, 0.1) is 0 Å². The fourth-order valence-corrected chi connectivity index (χ4v) is 1.37. The van der Waals surface area contributed by atoms with Crippen LogP contribution in [0.25, 0.3) is 0 Å². The fourth-order valence-electron chi connectivity index (χ4n) is 1.37. The van der Waals surface area contributed by atoms with Gasteiger partial charge in [0, 0.05) is 18.4 Å². The maximum atomic E-state index is 3.67. The monoisotopic (exact) mass is 199 g/mol. The van der Waals surface area contributed by atoms with Gasteiger partial charge in [-0.25, -0.2) is 0 Å². The van der Waals surface area contributed by atoms with Crippen LogP contribution < -0.4 is 4.90 Å². The molecule has 0 heterocycles. The molecule has 0 aromatic heterocycles. The summed E-state index contributed by atoms with van der Waals surface area (Å²) in [6, 6.07) is 10.3. The molecule has 0 saturated heterocycles. The van der Waals surface area contributed by atoms with Crippen LogP contribution in [0.2, 0.25) is 0 Å². The molecular formula is C14H17N. The van der Waals surface area contributed by atoms with Crippen LogP contribution in [0, 0.1) is 0 Å². The van der Waals surface area contributed by atoms with Crippen LogP contribution in [0.1, 0.15) is 6.92 Å². The lowest BCUT2D eigenvalue weighted by Crippen LogP contribution is -2.14. The highest BCUT2D eigenvalue weighted by molar-refractivity contribution is 5.53. The molecule has 1 heteroatoms. The first-order valence-corrected chi connectivity index (χ1v) is 5.03. The summed E-state index contributed by atoms with van der Waals surface area (Å²) < 4.78 is 0. The molecule has 1 aromatic carbocycles. The highest BCUT2D eigenvalue weighted by Gasteiger charge is 2.01. The van der Waals surface area contributed by atoms with E-state index in [1.807, 2.05) is 37.3 Å². The van der Waals surface area contributed by atoms with E-state index in [0.29, 0.717) is 0 Å². The van der Waals surface area contributed by atoms with Crippen molar-refractivity contribution < 1.29 is 0 Å². The zero-order valence-electron chi connectivity index (χ0n) is 9.35. The third kappa shape index (κ3) is 3.13. The van der Waals surface area contributed by atoms with Crippen molar-refractivity contribution in [3.05, 3.63) is 66.9 Å². The van der Waals surface area contributed by atoms with Crippen LogP contribution in [0.15, 0.2) is 66.9 Å². The van der Waals surface area contributed by atoms with Crippen LogP contribution in [0.4, 0.5) is 5.69 Å². The summed E-state index contributed by atoms with van der Waals surface area (Å²) in [5.41, 5.74) is 2.33. The Balaban J connectivity index is 2.88. The summed E-state index contributed by atoms with van der Waals surface area (Å²) in [5, 5.41) is 0. The smallest absolute Gasteiger partial charge is 0.0407 e. The number of anilines is 1. The lowest BCUT2D eigenvalue weighted by Gasteiger charge is -2.20. The molecule has 1 nitrogen and oxygen atoms in total. The molecule has 1 rings (SSSR count). The van der Waals surface area contributed by atoms with E-state index in [2.05, 4.69) is 36.7 Å².